The van der Waals surface area contributed by atoms with Gasteiger partial charge in [0.15, 0.2) is 0 Å². The SMILES string of the molecule is Cc1cc(C(=O)N2CCC(N)C(C)(C)C2)on1.Cl. The second-order valence-electron chi connectivity index (χ2n) is 5.44. The number of likely N-dealkylation sites (tertiary alicyclic amines) is 1. The van der Waals surface area contributed by atoms with Gasteiger partial charge in [-0.15, -0.1) is 12.4 Å². The molecule has 1 fully saturated rings. The van der Waals surface area contributed by atoms with Gasteiger partial charge in [0.1, 0.15) is 0 Å². The fourth-order valence-corrected chi connectivity index (χ4v) is 2.17. The van der Waals surface area contributed by atoms with Gasteiger partial charge in [0.2, 0.25) is 5.76 Å². The predicted octanol–water partition coefficient (Wildman–Crippen LogP) is 1.60. The van der Waals surface area contributed by atoms with Gasteiger partial charge in [-0.2, -0.15) is 0 Å². The molecule has 0 aromatic carbocycles. The molecule has 0 bridgehead atoms. The van der Waals surface area contributed by atoms with Crippen LogP contribution in [0, 0.1) is 12.3 Å². The van der Waals surface area contributed by atoms with Crippen LogP contribution in [-0.2, 0) is 0 Å². The summed E-state index contributed by atoms with van der Waals surface area (Å²) in [6, 6.07) is 1.81. The zero-order valence-corrected chi connectivity index (χ0v) is 11.8. The monoisotopic (exact) mass is 273 g/mol. The van der Waals surface area contributed by atoms with E-state index in [0.717, 1.165) is 12.1 Å². The summed E-state index contributed by atoms with van der Waals surface area (Å²) in [4.78, 5) is 14.0. The van der Waals surface area contributed by atoms with Crippen molar-refractivity contribution in [3.63, 3.8) is 0 Å². The van der Waals surface area contributed by atoms with Gasteiger partial charge in [0.25, 0.3) is 5.91 Å². The first-order chi connectivity index (χ1) is 7.90. The number of aryl methyl sites for hydroxylation is 1. The van der Waals surface area contributed by atoms with E-state index in [1.165, 1.54) is 0 Å². The Balaban J connectivity index is 0.00000162. The Bertz CT molecular complexity index is 431. The van der Waals surface area contributed by atoms with Crippen molar-refractivity contribution in [2.24, 2.45) is 11.1 Å². The van der Waals surface area contributed by atoms with Crippen LogP contribution in [0.1, 0.15) is 36.5 Å². The van der Waals surface area contributed by atoms with Crippen molar-refractivity contribution in [1.29, 1.82) is 0 Å². The highest BCUT2D eigenvalue weighted by atomic mass is 35.5. The van der Waals surface area contributed by atoms with Gasteiger partial charge in [-0.05, 0) is 18.8 Å². The minimum absolute atomic E-state index is 0. The lowest BCUT2D eigenvalue weighted by Gasteiger charge is -2.42. The van der Waals surface area contributed by atoms with Crippen molar-refractivity contribution >= 4 is 18.3 Å². The zero-order valence-electron chi connectivity index (χ0n) is 11.0. The van der Waals surface area contributed by atoms with E-state index in [1.54, 1.807) is 17.9 Å². The van der Waals surface area contributed by atoms with Gasteiger partial charge in [-0.1, -0.05) is 19.0 Å². The van der Waals surface area contributed by atoms with Gasteiger partial charge < -0.3 is 15.2 Å². The molecule has 1 aliphatic heterocycles. The van der Waals surface area contributed by atoms with Gasteiger partial charge in [-0.3, -0.25) is 4.79 Å². The quantitative estimate of drug-likeness (QED) is 0.844. The molecule has 1 atom stereocenters. The topological polar surface area (TPSA) is 72.4 Å². The third-order valence-corrected chi connectivity index (χ3v) is 3.44. The lowest BCUT2D eigenvalue weighted by Crippen LogP contribution is -2.53. The minimum Gasteiger partial charge on any atom is -0.351 e. The highest BCUT2D eigenvalue weighted by Gasteiger charge is 2.36. The highest BCUT2D eigenvalue weighted by Crippen LogP contribution is 2.28. The molecule has 1 aromatic heterocycles. The molecule has 1 aromatic rings. The molecule has 102 valence electrons. The van der Waals surface area contributed by atoms with Crippen LogP contribution < -0.4 is 5.73 Å². The van der Waals surface area contributed by atoms with Crippen molar-refractivity contribution in [2.45, 2.75) is 33.2 Å². The molecule has 6 heteroatoms. The molecule has 1 amide bonds. The Morgan fingerprint density at radius 3 is 2.78 bits per heavy atom. The van der Waals surface area contributed by atoms with Crippen LogP contribution in [0.25, 0.3) is 0 Å². The molecule has 0 radical (unpaired) electrons. The van der Waals surface area contributed by atoms with E-state index in [9.17, 15) is 4.79 Å². The smallest absolute Gasteiger partial charge is 0.292 e. The Hall–Kier alpha value is -1.07. The highest BCUT2D eigenvalue weighted by molar-refractivity contribution is 5.91. The Morgan fingerprint density at radius 1 is 1.61 bits per heavy atom. The summed E-state index contributed by atoms with van der Waals surface area (Å²) in [6.07, 6.45) is 0.825. The summed E-state index contributed by atoms with van der Waals surface area (Å²) in [6.45, 7) is 7.32. The lowest BCUT2D eigenvalue weighted by molar-refractivity contribution is 0.0495. The molecule has 2 N–H and O–H groups in total. The molecule has 0 saturated carbocycles. The number of carbonyl (C=O) groups is 1. The zero-order chi connectivity index (χ0) is 12.6. The second kappa shape index (κ2) is 5.28. The van der Waals surface area contributed by atoms with E-state index in [0.29, 0.717) is 18.8 Å². The van der Waals surface area contributed by atoms with E-state index < -0.39 is 0 Å². The average molecular weight is 274 g/mol. The molecule has 2 rings (SSSR count). The van der Waals surface area contributed by atoms with E-state index in [-0.39, 0.29) is 29.8 Å². The van der Waals surface area contributed by atoms with Crippen LogP contribution in [0.15, 0.2) is 10.6 Å². The van der Waals surface area contributed by atoms with Crippen LogP contribution in [0.3, 0.4) is 0 Å². The molecule has 5 nitrogen and oxygen atoms in total. The standard InChI is InChI=1S/C12H19N3O2.ClH/c1-8-6-9(17-14-8)11(16)15-5-4-10(13)12(2,3)7-15;/h6,10H,4-5,7,13H2,1-3H3;1H. The molecular weight excluding hydrogens is 254 g/mol. The number of nitrogens with zero attached hydrogens (tertiary/aromatic N) is 2. The van der Waals surface area contributed by atoms with Gasteiger partial charge in [0.05, 0.1) is 5.69 Å². The molecule has 1 saturated heterocycles. The normalized spacial score (nSPS) is 22.4. The molecule has 1 unspecified atom stereocenters. The molecule has 18 heavy (non-hydrogen) atoms. The van der Waals surface area contributed by atoms with Crippen LogP contribution in [0.2, 0.25) is 0 Å². The predicted molar refractivity (Wildman–Crippen MR) is 70.8 cm³/mol. The minimum atomic E-state index is -0.0921. The number of nitrogens with two attached hydrogens (primary N) is 1. The van der Waals surface area contributed by atoms with Crippen molar-refractivity contribution < 1.29 is 9.32 Å². The van der Waals surface area contributed by atoms with Gasteiger partial charge in [-0.25, -0.2) is 0 Å². The molecular formula is C12H20ClN3O2. The third kappa shape index (κ3) is 2.84. The maximum atomic E-state index is 12.2. The van der Waals surface area contributed by atoms with E-state index in [4.69, 9.17) is 10.3 Å². The average Bonchev–Trinajstić information content (AvgIpc) is 2.68. The van der Waals surface area contributed by atoms with E-state index in [2.05, 4.69) is 19.0 Å². The van der Waals surface area contributed by atoms with Crippen molar-refractivity contribution in [2.75, 3.05) is 13.1 Å². The number of hydrogen-bond acceptors (Lipinski definition) is 4. The number of hydrogen-bond donors (Lipinski definition) is 1. The maximum absolute atomic E-state index is 12.2. The first-order valence-corrected chi connectivity index (χ1v) is 5.88. The summed E-state index contributed by atoms with van der Waals surface area (Å²) >= 11 is 0. The summed E-state index contributed by atoms with van der Waals surface area (Å²) in [7, 11) is 0. The fraction of sp³-hybridized carbons (Fsp3) is 0.667. The van der Waals surface area contributed by atoms with Crippen LogP contribution in [-0.4, -0.2) is 35.1 Å². The van der Waals surface area contributed by atoms with Gasteiger partial charge in [0, 0.05) is 25.2 Å². The Morgan fingerprint density at radius 2 is 2.28 bits per heavy atom. The van der Waals surface area contributed by atoms with Crippen molar-refractivity contribution in [1.82, 2.24) is 10.1 Å². The molecule has 0 spiro atoms. The number of piperidine rings is 1. The molecule has 0 aliphatic carbocycles. The van der Waals surface area contributed by atoms with E-state index in [1.807, 2.05) is 0 Å². The summed E-state index contributed by atoms with van der Waals surface area (Å²) in [5.41, 5.74) is 6.71. The first kappa shape index (κ1) is 15.0. The summed E-state index contributed by atoms with van der Waals surface area (Å²) < 4.78 is 5.00. The summed E-state index contributed by atoms with van der Waals surface area (Å²) in [5.74, 6) is 0.222. The number of halogens is 1. The molecule has 2 heterocycles. The Kier molecular flexibility index (Phi) is 4.40. The first-order valence-electron chi connectivity index (χ1n) is 5.88. The molecule has 1 aliphatic rings. The van der Waals surface area contributed by atoms with E-state index >= 15 is 0 Å². The number of carbonyl (C=O) groups excluding carboxylic acids is 1. The van der Waals surface area contributed by atoms with Gasteiger partial charge >= 0.3 is 0 Å². The Labute approximate surface area is 113 Å². The number of aromatic nitrogens is 1. The number of rotatable bonds is 1. The largest absolute Gasteiger partial charge is 0.351 e. The maximum Gasteiger partial charge on any atom is 0.292 e. The third-order valence-electron chi connectivity index (χ3n) is 3.44. The second-order valence-corrected chi connectivity index (χ2v) is 5.44. The van der Waals surface area contributed by atoms with Crippen LogP contribution in [0.4, 0.5) is 0 Å². The van der Waals surface area contributed by atoms with Crippen LogP contribution >= 0.6 is 12.4 Å². The number of amides is 1. The lowest BCUT2D eigenvalue weighted by atomic mass is 9.79. The summed E-state index contributed by atoms with van der Waals surface area (Å²) in [5, 5.41) is 3.74. The fourth-order valence-electron chi connectivity index (χ4n) is 2.17. The van der Waals surface area contributed by atoms with Crippen LogP contribution in [0.5, 0.6) is 0 Å². The van der Waals surface area contributed by atoms with Crippen molar-refractivity contribution in [3.8, 4) is 0 Å². The van der Waals surface area contributed by atoms with Crippen molar-refractivity contribution in [3.05, 3.63) is 17.5 Å².